The Balaban J connectivity index is 1.52. The van der Waals surface area contributed by atoms with Crippen LogP contribution in [0, 0.1) is 5.82 Å². The fraction of sp³-hybridized carbons (Fsp3) is 0.440. The molecule has 1 fully saturated rings. The number of anilines is 3. The largest absolute Gasteiger partial charge is 0.361 e. The van der Waals surface area contributed by atoms with Crippen LogP contribution in [0.3, 0.4) is 0 Å². The molecule has 0 unspecified atom stereocenters. The molecule has 1 saturated heterocycles. The third kappa shape index (κ3) is 4.32. The topological polar surface area (TPSA) is 50.8 Å². The van der Waals surface area contributed by atoms with Gasteiger partial charge in [-0.25, -0.2) is 9.37 Å². The van der Waals surface area contributed by atoms with Gasteiger partial charge in [0.15, 0.2) is 0 Å². The van der Waals surface area contributed by atoms with E-state index < -0.39 is 0 Å². The number of hydrogen-bond acceptors (Lipinski definition) is 7. The lowest BCUT2D eigenvalue weighted by Gasteiger charge is -2.29. The Morgan fingerprint density at radius 1 is 0.909 bits per heavy atom. The molecule has 0 radical (unpaired) electrons. The number of halogens is 1. The van der Waals surface area contributed by atoms with E-state index in [-0.39, 0.29) is 5.82 Å². The highest BCUT2D eigenvalue weighted by molar-refractivity contribution is 5.95. The first kappa shape index (κ1) is 21.9. The molecule has 0 bridgehead atoms. The van der Waals surface area contributed by atoms with Gasteiger partial charge in [-0.3, -0.25) is 0 Å². The number of rotatable bonds is 6. The minimum absolute atomic E-state index is 0.184. The predicted molar refractivity (Wildman–Crippen MR) is 133 cm³/mol. The molecule has 174 valence electrons. The van der Waals surface area contributed by atoms with Crippen LogP contribution in [0.5, 0.6) is 0 Å². The van der Waals surface area contributed by atoms with Crippen molar-refractivity contribution in [3.05, 3.63) is 53.5 Å². The highest BCUT2D eigenvalue weighted by atomic mass is 19.1. The van der Waals surface area contributed by atoms with Crippen LogP contribution in [0.15, 0.2) is 36.4 Å². The van der Waals surface area contributed by atoms with Crippen LogP contribution >= 0.6 is 0 Å². The van der Waals surface area contributed by atoms with Crippen molar-refractivity contribution in [3.63, 3.8) is 0 Å². The van der Waals surface area contributed by atoms with Gasteiger partial charge in [-0.15, -0.1) is 0 Å². The average molecular weight is 450 g/mol. The van der Waals surface area contributed by atoms with Crippen LogP contribution < -0.4 is 20.0 Å². The number of likely N-dealkylation sites (N-methyl/N-ethyl adjacent to an activating group) is 2. The summed E-state index contributed by atoms with van der Waals surface area (Å²) in [7, 11) is 6.29. The van der Waals surface area contributed by atoms with Gasteiger partial charge in [0.25, 0.3) is 0 Å². The summed E-state index contributed by atoms with van der Waals surface area (Å²) in [5.74, 6) is 1.63. The predicted octanol–water partition coefficient (Wildman–Crippen LogP) is 2.70. The maximum absolute atomic E-state index is 14.4. The van der Waals surface area contributed by atoms with Gasteiger partial charge in [0.05, 0.1) is 12.2 Å². The molecule has 2 aliphatic heterocycles. The molecule has 0 amide bonds. The van der Waals surface area contributed by atoms with Gasteiger partial charge >= 0.3 is 0 Å². The van der Waals surface area contributed by atoms with Gasteiger partial charge in [0, 0.05) is 74.9 Å². The van der Waals surface area contributed by atoms with E-state index >= 15 is 0 Å². The number of fused-ring (bicyclic) bond motifs is 2. The minimum atomic E-state index is -0.184. The maximum atomic E-state index is 14.4. The molecular formula is C25H32FN7. The Morgan fingerprint density at radius 3 is 2.42 bits per heavy atom. The Hall–Kier alpha value is -2.97. The summed E-state index contributed by atoms with van der Waals surface area (Å²) in [6, 6.07) is 11.2. The summed E-state index contributed by atoms with van der Waals surface area (Å²) in [5.41, 5.74) is 3.28. The third-order valence-corrected chi connectivity index (χ3v) is 6.58. The Kier molecular flexibility index (Phi) is 6.03. The number of hydrogen-bond donors (Lipinski definition) is 1. The SMILES string of the molecule is CN(C)CCN(C)c1nc(N2CCNCC2)nc2c1CN(c1ccc(F)c3ccccc13)C2. The molecule has 2 aliphatic rings. The van der Waals surface area contributed by atoms with Gasteiger partial charge in [-0.1, -0.05) is 24.3 Å². The fourth-order valence-corrected chi connectivity index (χ4v) is 4.70. The molecule has 0 atom stereocenters. The van der Waals surface area contributed by atoms with E-state index in [4.69, 9.17) is 9.97 Å². The second-order valence-corrected chi connectivity index (χ2v) is 9.20. The average Bonchev–Trinajstić information content (AvgIpc) is 3.27. The molecule has 2 aromatic carbocycles. The van der Waals surface area contributed by atoms with Gasteiger partial charge in [0.1, 0.15) is 11.6 Å². The van der Waals surface area contributed by atoms with Gasteiger partial charge in [0.2, 0.25) is 5.95 Å². The standard InChI is InChI=1S/C25H32FN7/c1-30(2)14-15-31(3)24-20-16-33(23-9-8-21(26)18-6-4-5-7-19(18)23)17-22(20)28-25(29-24)32-12-10-27-11-13-32/h4-9,27H,10-17H2,1-3H3. The summed E-state index contributed by atoms with van der Waals surface area (Å²) >= 11 is 0. The van der Waals surface area contributed by atoms with Crippen LogP contribution in [-0.2, 0) is 13.1 Å². The number of aromatic nitrogens is 2. The molecule has 0 saturated carbocycles. The summed E-state index contributed by atoms with van der Waals surface area (Å²) in [6.45, 7) is 6.95. The molecule has 1 N–H and O–H groups in total. The Morgan fingerprint density at radius 2 is 1.67 bits per heavy atom. The van der Waals surface area contributed by atoms with Crippen molar-refractivity contribution in [3.8, 4) is 0 Å². The fourth-order valence-electron chi connectivity index (χ4n) is 4.70. The van der Waals surface area contributed by atoms with Crippen molar-refractivity contribution < 1.29 is 4.39 Å². The van der Waals surface area contributed by atoms with Crippen LogP contribution in [0.25, 0.3) is 10.8 Å². The first-order valence-corrected chi connectivity index (χ1v) is 11.6. The van der Waals surface area contributed by atoms with Crippen LogP contribution in [0.1, 0.15) is 11.3 Å². The second kappa shape index (κ2) is 9.11. The maximum Gasteiger partial charge on any atom is 0.227 e. The lowest BCUT2D eigenvalue weighted by molar-refractivity contribution is 0.416. The summed E-state index contributed by atoms with van der Waals surface area (Å²) in [4.78, 5) is 19.1. The Bertz CT molecular complexity index is 1140. The van der Waals surface area contributed by atoms with Crippen LogP contribution in [0.4, 0.5) is 21.8 Å². The summed E-state index contributed by atoms with van der Waals surface area (Å²) in [5, 5.41) is 4.99. The molecule has 3 aromatic rings. The molecule has 0 aliphatic carbocycles. The number of benzene rings is 2. The van der Waals surface area contributed by atoms with Gasteiger partial charge < -0.3 is 24.9 Å². The minimum Gasteiger partial charge on any atom is -0.361 e. The zero-order valence-corrected chi connectivity index (χ0v) is 19.7. The van der Waals surface area contributed by atoms with Gasteiger partial charge in [-0.2, -0.15) is 4.98 Å². The van der Waals surface area contributed by atoms with Crippen LogP contribution in [-0.4, -0.2) is 75.3 Å². The second-order valence-electron chi connectivity index (χ2n) is 9.20. The summed E-state index contributed by atoms with van der Waals surface area (Å²) < 4.78 is 14.4. The number of piperazine rings is 1. The highest BCUT2D eigenvalue weighted by Gasteiger charge is 2.29. The quantitative estimate of drug-likeness (QED) is 0.621. The molecule has 5 rings (SSSR count). The molecular weight excluding hydrogens is 417 g/mol. The smallest absolute Gasteiger partial charge is 0.227 e. The summed E-state index contributed by atoms with van der Waals surface area (Å²) in [6.07, 6.45) is 0. The lowest BCUT2D eigenvalue weighted by atomic mass is 10.1. The molecule has 0 spiro atoms. The normalized spacial score (nSPS) is 16.0. The third-order valence-electron chi connectivity index (χ3n) is 6.58. The lowest BCUT2D eigenvalue weighted by Crippen LogP contribution is -2.44. The van der Waals surface area contributed by atoms with E-state index in [1.165, 1.54) is 5.56 Å². The monoisotopic (exact) mass is 449 g/mol. The van der Waals surface area contributed by atoms with Crippen molar-refractivity contribution in [2.75, 3.05) is 75.1 Å². The van der Waals surface area contributed by atoms with E-state index in [2.05, 4.69) is 46.1 Å². The highest BCUT2D eigenvalue weighted by Crippen LogP contribution is 2.37. The van der Waals surface area contributed by atoms with E-state index in [1.54, 1.807) is 6.07 Å². The zero-order chi connectivity index (χ0) is 22.9. The number of nitrogens with zero attached hydrogens (tertiary/aromatic N) is 6. The molecule has 7 nitrogen and oxygen atoms in total. The van der Waals surface area contributed by atoms with E-state index in [0.717, 1.165) is 67.8 Å². The van der Waals surface area contributed by atoms with E-state index in [9.17, 15) is 4.39 Å². The van der Waals surface area contributed by atoms with E-state index in [0.29, 0.717) is 18.5 Å². The van der Waals surface area contributed by atoms with Crippen molar-refractivity contribution in [1.82, 2.24) is 20.2 Å². The first-order chi connectivity index (χ1) is 16.0. The number of nitrogens with one attached hydrogen (secondary N) is 1. The zero-order valence-electron chi connectivity index (χ0n) is 19.7. The Labute approximate surface area is 194 Å². The molecule has 3 heterocycles. The molecule has 33 heavy (non-hydrogen) atoms. The van der Waals surface area contributed by atoms with Crippen molar-refractivity contribution in [1.29, 1.82) is 0 Å². The van der Waals surface area contributed by atoms with E-state index in [1.807, 2.05) is 30.3 Å². The van der Waals surface area contributed by atoms with Crippen LogP contribution in [0.2, 0.25) is 0 Å². The molecule has 8 heteroatoms. The van der Waals surface area contributed by atoms with Crippen molar-refractivity contribution in [2.45, 2.75) is 13.1 Å². The van der Waals surface area contributed by atoms with Gasteiger partial charge in [-0.05, 0) is 26.2 Å². The van der Waals surface area contributed by atoms with Crippen molar-refractivity contribution >= 4 is 28.2 Å². The first-order valence-electron chi connectivity index (χ1n) is 11.6. The van der Waals surface area contributed by atoms with Crippen molar-refractivity contribution in [2.24, 2.45) is 0 Å². The molecule has 1 aromatic heterocycles.